The lowest BCUT2D eigenvalue weighted by molar-refractivity contribution is -0.134. The Bertz CT molecular complexity index is 327. The third-order valence-corrected chi connectivity index (χ3v) is 3.60. The highest BCUT2D eigenvalue weighted by Gasteiger charge is 2.35. The summed E-state index contributed by atoms with van der Waals surface area (Å²) in [6.07, 6.45) is -2.15. The third-order valence-electron chi connectivity index (χ3n) is 2.36. The van der Waals surface area contributed by atoms with Crippen LogP contribution in [0.1, 0.15) is 28.6 Å². The summed E-state index contributed by atoms with van der Waals surface area (Å²) < 4.78 is 36.8. The Kier molecular flexibility index (Phi) is 2.31. The van der Waals surface area contributed by atoms with Crippen LogP contribution in [0.4, 0.5) is 13.2 Å². The van der Waals surface area contributed by atoms with Crippen molar-refractivity contribution in [3.05, 3.63) is 21.9 Å². The predicted molar refractivity (Wildman–Crippen MR) is 49.0 cm³/mol. The van der Waals surface area contributed by atoms with Crippen molar-refractivity contribution in [3.63, 3.8) is 0 Å². The molecule has 0 spiro atoms. The van der Waals surface area contributed by atoms with E-state index < -0.39 is 11.1 Å². The monoisotopic (exact) mass is 221 g/mol. The van der Waals surface area contributed by atoms with E-state index in [2.05, 4.69) is 0 Å². The second kappa shape index (κ2) is 3.24. The summed E-state index contributed by atoms with van der Waals surface area (Å²) in [7, 11) is 0. The summed E-state index contributed by atoms with van der Waals surface area (Å²) in [4.78, 5) is 0.100. The van der Waals surface area contributed by atoms with Gasteiger partial charge >= 0.3 is 6.18 Å². The Hall–Kier alpha value is -0.550. The molecule has 5 heteroatoms. The fraction of sp³-hybridized carbons (Fsp3) is 0.556. The van der Waals surface area contributed by atoms with Crippen molar-refractivity contribution in [3.8, 4) is 0 Å². The molecule has 1 nitrogen and oxygen atoms in total. The van der Waals surface area contributed by atoms with Crippen molar-refractivity contribution in [2.75, 3.05) is 0 Å². The fourth-order valence-electron chi connectivity index (χ4n) is 1.37. The van der Waals surface area contributed by atoms with Gasteiger partial charge < -0.3 is 5.73 Å². The molecule has 78 valence electrons. The molecular formula is C9H10F3NS. The lowest BCUT2D eigenvalue weighted by Crippen LogP contribution is -2.10. The maximum Gasteiger partial charge on any atom is 0.425 e. The van der Waals surface area contributed by atoms with Crippen LogP contribution >= 0.6 is 11.3 Å². The van der Waals surface area contributed by atoms with Crippen LogP contribution in [0.5, 0.6) is 0 Å². The smallest absolute Gasteiger partial charge is 0.323 e. The van der Waals surface area contributed by atoms with E-state index in [-0.39, 0.29) is 6.04 Å². The first-order chi connectivity index (χ1) is 6.48. The third kappa shape index (κ3) is 1.93. The molecule has 0 amide bonds. The number of alkyl halides is 3. The first kappa shape index (κ1) is 9.98. The zero-order valence-electron chi connectivity index (χ0n) is 7.34. The first-order valence-electron chi connectivity index (χ1n) is 4.41. The first-order valence-corrected chi connectivity index (χ1v) is 5.22. The molecule has 1 aliphatic rings. The van der Waals surface area contributed by atoms with Gasteiger partial charge in [0.15, 0.2) is 0 Å². The van der Waals surface area contributed by atoms with E-state index in [1.54, 1.807) is 0 Å². The van der Waals surface area contributed by atoms with E-state index >= 15 is 0 Å². The van der Waals surface area contributed by atoms with Crippen molar-refractivity contribution in [2.24, 2.45) is 11.7 Å². The molecule has 1 aliphatic carbocycles. The SMILES string of the molecule is NC(c1ccc(C(F)(F)F)s1)C1CC1. The van der Waals surface area contributed by atoms with Crippen molar-refractivity contribution in [2.45, 2.75) is 25.1 Å². The van der Waals surface area contributed by atoms with Crippen LogP contribution in [0.25, 0.3) is 0 Å². The maximum atomic E-state index is 12.3. The van der Waals surface area contributed by atoms with E-state index in [4.69, 9.17) is 5.73 Å². The van der Waals surface area contributed by atoms with Crippen LogP contribution in [0.15, 0.2) is 12.1 Å². The summed E-state index contributed by atoms with van der Waals surface area (Å²) in [6, 6.07) is 2.41. The highest BCUT2D eigenvalue weighted by molar-refractivity contribution is 7.12. The van der Waals surface area contributed by atoms with E-state index in [9.17, 15) is 13.2 Å². The largest absolute Gasteiger partial charge is 0.425 e. The van der Waals surface area contributed by atoms with Gasteiger partial charge in [0.2, 0.25) is 0 Å². The van der Waals surface area contributed by atoms with Gasteiger partial charge in [0.05, 0.1) is 0 Å². The summed E-state index contributed by atoms with van der Waals surface area (Å²) in [5, 5.41) is 0. The number of hydrogen-bond acceptors (Lipinski definition) is 2. The van der Waals surface area contributed by atoms with E-state index in [0.29, 0.717) is 10.8 Å². The van der Waals surface area contributed by atoms with Gasteiger partial charge in [-0.1, -0.05) is 0 Å². The molecule has 0 bridgehead atoms. The van der Waals surface area contributed by atoms with Gasteiger partial charge in [-0.25, -0.2) is 0 Å². The van der Waals surface area contributed by atoms with Gasteiger partial charge in [-0.05, 0) is 30.9 Å². The van der Waals surface area contributed by atoms with Gasteiger partial charge in [0.25, 0.3) is 0 Å². The fourth-order valence-corrected chi connectivity index (χ4v) is 2.34. The quantitative estimate of drug-likeness (QED) is 0.815. The molecule has 2 rings (SSSR count). The normalized spacial score (nSPS) is 19.7. The summed E-state index contributed by atoms with van der Waals surface area (Å²) in [6.45, 7) is 0. The molecule has 0 aliphatic heterocycles. The summed E-state index contributed by atoms with van der Waals surface area (Å²) in [5.41, 5.74) is 5.80. The summed E-state index contributed by atoms with van der Waals surface area (Å²) >= 11 is 0.766. The van der Waals surface area contributed by atoms with Crippen molar-refractivity contribution in [1.29, 1.82) is 0 Å². The Morgan fingerprint density at radius 3 is 2.43 bits per heavy atom. The predicted octanol–water partition coefficient (Wildman–Crippen LogP) is 3.18. The topological polar surface area (TPSA) is 26.0 Å². The van der Waals surface area contributed by atoms with Crippen LogP contribution in [0.2, 0.25) is 0 Å². The Morgan fingerprint density at radius 1 is 1.36 bits per heavy atom. The number of thiophene rings is 1. The molecule has 1 aromatic heterocycles. The van der Waals surface area contributed by atoms with Crippen LogP contribution in [0.3, 0.4) is 0 Å². The Balaban J connectivity index is 2.16. The minimum absolute atomic E-state index is 0.198. The number of rotatable bonds is 2. The lowest BCUT2D eigenvalue weighted by atomic mass is 10.2. The van der Waals surface area contributed by atoms with Gasteiger partial charge in [-0.3, -0.25) is 0 Å². The molecule has 1 unspecified atom stereocenters. The second-order valence-electron chi connectivity index (χ2n) is 3.56. The van der Waals surface area contributed by atoms with E-state index in [1.807, 2.05) is 0 Å². The maximum absolute atomic E-state index is 12.3. The minimum Gasteiger partial charge on any atom is -0.323 e. The van der Waals surface area contributed by atoms with E-state index in [0.717, 1.165) is 30.2 Å². The number of hydrogen-bond donors (Lipinski definition) is 1. The molecule has 0 radical (unpaired) electrons. The highest BCUT2D eigenvalue weighted by Crippen LogP contribution is 2.43. The summed E-state index contributed by atoms with van der Waals surface area (Å²) in [5.74, 6) is 0.398. The molecule has 1 heterocycles. The van der Waals surface area contributed by atoms with Crippen molar-refractivity contribution < 1.29 is 13.2 Å². The number of nitrogens with two attached hydrogens (primary N) is 1. The van der Waals surface area contributed by atoms with Gasteiger partial charge in [0.1, 0.15) is 4.88 Å². The van der Waals surface area contributed by atoms with Crippen molar-refractivity contribution >= 4 is 11.3 Å². The standard InChI is InChI=1S/C9H10F3NS/c10-9(11,12)7-4-3-6(14-7)8(13)5-1-2-5/h3-5,8H,1-2,13H2. The molecule has 0 aromatic carbocycles. The molecule has 1 saturated carbocycles. The molecule has 0 saturated heterocycles. The Labute approximate surface area is 83.7 Å². The highest BCUT2D eigenvalue weighted by atomic mass is 32.1. The second-order valence-corrected chi connectivity index (χ2v) is 4.68. The average Bonchev–Trinajstić information content (AvgIpc) is 2.79. The minimum atomic E-state index is -4.23. The van der Waals surface area contributed by atoms with Crippen LogP contribution in [-0.2, 0) is 6.18 Å². The lowest BCUT2D eigenvalue weighted by Gasteiger charge is -2.06. The number of halogens is 3. The van der Waals surface area contributed by atoms with Gasteiger partial charge in [-0.2, -0.15) is 13.2 Å². The van der Waals surface area contributed by atoms with Gasteiger partial charge in [0, 0.05) is 10.9 Å². The van der Waals surface area contributed by atoms with Crippen LogP contribution in [0, 0.1) is 5.92 Å². The van der Waals surface area contributed by atoms with Gasteiger partial charge in [-0.15, -0.1) is 11.3 Å². The van der Waals surface area contributed by atoms with Crippen LogP contribution in [-0.4, -0.2) is 0 Å². The molecule has 1 aromatic rings. The molecule has 2 N–H and O–H groups in total. The zero-order valence-corrected chi connectivity index (χ0v) is 8.16. The molecule has 14 heavy (non-hydrogen) atoms. The zero-order chi connectivity index (χ0) is 10.3. The van der Waals surface area contributed by atoms with E-state index in [1.165, 1.54) is 6.07 Å². The van der Waals surface area contributed by atoms with Crippen molar-refractivity contribution in [1.82, 2.24) is 0 Å². The molecular weight excluding hydrogens is 211 g/mol. The van der Waals surface area contributed by atoms with Crippen LogP contribution < -0.4 is 5.73 Å². The molecule has 1 atom stereocenters. The molecule has 1 fully saturated rings. The Morgan fingerprint density at radius 2 is 2.00 bits per heavy atom. The average molecular weight is 221 g/mol.